The highest BCUT2D eigenvalue weighted by Gasteiger charge is 2.08. The summed E-state index contributed by atoms with van der Waals surface area (Å²) in [5.74, 6) is 2.24. The summed E-state index contributed by atoms with van der Waals surface area (Å²) in [5.41, 5.74) is 2.02. The van der Waals surface area contributed by atoms with Gasteiger partial charge in [0.25, 0.3) is 0 Å². The molecule has 0 fully saturated rings. The molecular formula is C20H19FN2O2S. The lowest BCUT2D eigenvalue weighted by molar-refractivity contribution is 0.414. The Kier molecular flexibility index (Phi) is 6.07. The average Bonchev–Trinajstić information content (AvgIpc) is 2.68. The second kappa shape index (κ2) is 8.67. The molecule has 3 aromatic rings. The zero-order valence-electron chi connectivity index (χ0n) is 14.6. The Morgan fingerprint density at radius 1 is 1.00 bits per heavy atom. The third-order valence-corrected chi connectivity index (χ3v) is 4.55. The van der Waals surface area contributed by atoms with Gasteiger partial charge in [-0.15, -0.1) is 0 Å². The molecule has 134 valence electrons. The summed E-state index contributed by atoms with van der Waals surface area (Å²) in [4.78, 5) is 9.01. The second-order valence-electron chi connectivity index (χ2n) is 5.53. The molecule has 6 heteroatoms. The van der Waals surface area contributed by atoms with Crippen LogP contribution in [0.25, 0.3) is 0 Å². The lowest BCUT2D eigenvalue weighted by Crippen LogP contribution is -1.97. The minimum Gasteiger partial charge on any atom is -0.497 e. The van der Waals surface area contributed by atoms with Gasteiger partial charge in [0.1, 0.15) is 17.3 Å². The minimum atomic E-state index is -0.302. The molecule has 0 unspecified atom stereocenters. The number of halogens is 1. The predicted octanol–water partition coefficient (Wildman–Crippen LogP) is 5.27. The quantitative estimate of drug-likeness (QED) is 0.419. The van der Waals surface area contributed by atoms with Crippen molar-refractivity contribution >= 4 is 11.8 Å². The van der Waals surface area contributed by atoms with E-state index in [0.29, 0.717) is 16.8 Å². The second-order valence-corrected chi connectivity index (χ2v) is 6.47. The van der Waals surface area contributed by atoms with E-state index in [1.54, 1.807) is 25.3 Å². The molecule has 4 nitrogen and oxygen atoms in total. The fourth-order valence-corrected chi connectivity index (χ4v) is 3.09. The van der Waals surface area contributed by atoms with Crippen LogP contribution in [-0.4, -0.2) is 17.1 Å². The highest BCUT2D eigenvalue weighted by Crippen LogP contribution is 2.26. The number of hydrogen-bond acceptors (Lipinski definition) is 5. The first-order valence-electron chi connectivity index (χ1n) is 8.23. The van der Waals surface area contributed by atoms with Gasteiger partial charge in [-0.2, -0.15) is 4.98 Å². The molecule has 0 bridgehead atoms. The third kappa shape index (κ3) is 4.95. The van der Waals surface area contributed by atoms with E-state index in [4.69, 9.17) is 9.47 Å². The standard InChI is InChI=1S/C20H19FN2O2S/c1-3-16-12-19(25-17-9-7-15(21)8-10-17)23-20(22-16)26-13-14-5-4-6-18(11-14)24-2/h4-12H,3,13H2,1-2H3. The van der Waals surface area contributed by atoms with Crippen LogP contribution in [0.5, 0.6) is 17.4 Å². The number of aryl methyl sites for hydroxylation is 1. The van der Waals surface area contributed by atoms with Crippen molar-refractivity contribution in [3.63, 3.8) is 0 Å². The molecule has 1 heterocycles. The molecule has 0 amide bonds. The molecule has 0 aliphatic heterocycles. The van der Waals surface area contributed by atoms with E-state index in [-0.39, 0.29) is 5.82 Å². The normalized spacial score (nSPS) is 10.6. The summed E-state index contributed by atoms with van der Waals surface area (Å²) in [5, 5.41) is 0.643. The Hall–Kier alpha value is -2.60. The van der Waals surface area contributed by atoms with E-state index in [1.807, 2.05) is 31.2 Å². The molecule has 0 N–H and O–H groups in total. The van der Waals surface area contributed by atoms with Gasteiger partial charge in [0.2, 0.25) is 5.88 Å². The Balaban J connectivity index is 1.75. The zero-order chi connectivity index (χ0) is 18.4. The molecule has 0 aliphatic carbocycles. The highest BCUT2D eigenvalue weighted by molar-refractivity contribution is 7.98. The van der Waals surface area contributed by atoms with Crippen LogP contribution >= 0.6 is 11.8 Å². The third-order valence-electron chi connectivity index (χ3n) is 3.64. The molecule has 26 heavy (non-hydrogen) atoms. The first-order chi connectivity index (χ1) is 12.7. The number of ether oxygens (including phenoxy) is 2. The number of rotatable bonds is 7. The van der Waals surface area contributed by atoms with Crippen molar-refractivity contribution in [3.05, 3.63) is 71.7 Å². The van der Waals surface area contributed by atoms with Crippen molar-refractivity contribution in [2.75, 3.05) is 7.11 Å². The monoisotopic (exact) mass is 370 g/mol. The van der Waals surface area contributed by atoms with Gasteiger partial charge in [-0.3, -0.25) is 0 Å². The van der Waals surface area contributed by atoms with Gasteiger partial charge >= 0.3 is 0 Å². The van der Waals surface area contributed by atoms with Crippen LogP contribution in [0.1, 0.15) is 18.2 Å². The lowest BCUT2D eigenvalue weighted by Gasteiger charge is -2.09. The van der Waals surface area contributed by atoms with Gasteiger partial charge in [0, 0.05) is 17.5 Å². The molecule has 0 atom stereocenters. The summed E-state index contributed by atoms with van der Waals surface area (Å²) >= 11 is 1.53. The van der Waals surface area contributed by atoms with Crippen molar-refractivity contribution in [1.29, 1.82) is 0 Å². The SMILES string of the molecule is CCc1cc(Oc2ccc(F)cc2)nc(SCc2cccc(OC)c2)n1. The molecule has 0 aliphatic rings. The number of benzene rings is 2. The van der Waals surface area contributed by atoms with Crippen LogP contribution < -0.4 is 9.47 Å². The van der Waals surface area contributed by atoms with Crippen molar-refractivity contribution in [2.45, 2.75) is 24.3 Å². The maximum atomic E-state index is 13.0. The smallest absolute Gasteiger partial charge is 0.223 e. The van der Waals surface area contributed by atoms with Crippen LogP contribution in [0, 0.1) is 5.82 Å². The molecule has 2 aromatic carbocycles. The fraction of sp³-hybridized carbons (Fsp3) is 0.200. The largest absolute Gasteiger partial charge is 0.497 e. The molecule has 3 rings (SSSR count). The van der Waals surface area contributed by atoms with E-state index in [1.165, 1.54) is 23.9 Å². The topological polar surface area (TPSA) is 44.2 Å². The molecule has 1 aromatic heterocycles. The van der Waals surface area contributed by atoms with Crippen LogP contribution in [0.4, 0.5) is 4.39 Å². The molecule has 0 radical (unpaired) electrons. The molecule has 0 saturated heterocycles. The Labute approximate surface area is 156 Å². The maximum absolute atomic E-state index is 13.0. The van der Waals surface area contributed by atoms with Crippen LogP contribution in [0.3, 0.4) is 0 Å². The summed E-state index contributed by atoms with van der Waals surface area (Å²) in [7, 11) is 1.65. The average molecular weight is 370 g/mol. The highest BCUT2D eigenvalue weighted by atomic mass is 32.2. The molecule has 0 saturated carbocycles. The van der Waals surface area contributed by atoms with Crippen LogP contribution in [0.15, 0.2) is 59.8 Å². The predicted molar refractivity (Wildman–Crippen MR) is 100 cm³/mol. The zero-order valence-corrected chi connectivity index (χ0v) is 15.4. The van der Waals surface area contributed by atoms with Crippen LogP contribution in [-0.2, 0) is 12.2 Å². The Bertz CT molecular complexity index is 872. The molecule has 0 spiro atoms. The fourth-order valence-electron chi connectivity index (χ4n) is 2.28. The summed E-state index contributed by atoms with van der Waals surface area (Å²) < 4.78 is 24.0. The Morgan fingerprint density at radius 3 is 2.54 bits per heavy atom. The van der Waals surface area contributed by atoms with E-state index in [0.717, 1.165) is 29.2 Å². The number of thioether (sulfide) groups is 1. The van der Waals surface area contributed by atoms with Gasteiger partial charge in [0.05, 0.1) is 7.11 Å². The van der Waals surface area contributed by atoms with Gasteiger partial charge in [-0.05, 0) is 48.4 Å². The van der Waals surface area contributed by atoms with Gasteiger partial charge in [0.15, 0.2) is 5.16 Å². The van der Waals surface area contributed by atoms with E-state index in [9.17, 15) is 4.39 Å². The lowest BCUT2D eigenvalue weighted by atomic mass is 10.2. The Morgan fingerprint density at radius 2 is 1.81 bits per heavy atom. The minimum absolute atomic E-state index is 0.302. The maximum Gasteiger partial charge on any atom is 0.223 e. The van der Waals surface area contributed by atoms with Gasteiger partial charge in [-0.25, -0.2) is 9.37 Å². The van der Waals surface area contributed by atoms with Gasteiger partial charge in [-0.1, -0.05) is 30.8 Å². The number of aromatic nitrogens is 2. The number of hydrogen-bond donors (Lipinski definition) is 0. The number of nitrogens with zero attached hydrogens (tertiary/aromatic N) is 2. The summed E-state index contributed by atoms with van der Waals surface area (Å²) in [6.07, 6.45) is 0.773. The van der Waals surface area contributed by atoms with Crippen LogP contribution in [0.2, 0.25) is 0 Å². The van der Waals surface area contributed by atoms with Crippen molar-refractivity contribution in [2.24, 2.45) is 0 Å². The summed E-state index contributed by atoms with van der Waals surface area (Å²) in [6.45, 7) is 2.03. The number of methoxy groups -OCH3 is 1. The van der Waals surface area contributed by atoms with Gasteiger partial charge < -0.3 is 9.47 Å². The van der Waals surface area contributed by atoms with Crippen molar-refractivity contribution in [3.8, 4) is 17.4 Å². The molecular weight excluding hydrogens is 351 g/mol. The summed E-state index contributed by atoms with van der Waals surface area (Å²) in [6, 6.07) is 15.6. The van der Waals surface area contributed by atoms with E-state index < -0.39 is 0 Å². The van der Waals surface area contributed by atoms with Crippen molar-refractivity contribution in [1.82, 2.24) is 9.97 Å². The van der Waals surface area contributed by atoms with Crippen molar-refractivity contribution < 1.29 is 13.9 Å². The van der Waals surface area contributed by atoms with E-state index >= 15 is 0 Å². The van der Waals surface area contributed by atoms with E-state index in [2.05, 4.69) is 9.97 Å². The first-order valence-corrected chi connectivity index (χ1v) is 9.22. The first kappa shape index (κ1) is 18.2.